The summed E-state index contributed by atoms with van der Waals surface area (Å²) in [5.41, 5.74) is -1.63. The maximum Gasteiger partial charge on any atom is 0.328 e. The van der Waals surface area contributed by atoms with Crippen LogP contribution in [0.25, 0.3) is 0 Å². The van der Waals surface area contributed by atoms with Crippen LogP contribution in [0.5, 0.6) is 5.88 Å². The fraction of sp³-hybridized carbons (Fsp3) is 0.286. The SMILES string of the molecule is O=C(CI)Cc1c(O)[nH]c(=O)[nH]c1=O. The van der Waals surface area contributed by atoms with Crippen molar-refractivity contribution >= 4 is 28.4 Å². The number of carbonyl (C=O) groups excluding carboxylic acids is 1. The number of aromatic nitrogens is 2. The number of carbonyl (C=O) groups is 1. The van der Waals surface area contributed by atoms with Gasteiger partial charge in [-0.25, -0.2) is 4.79 Å². The number of Topliss-reactive ketones (excluding diaryl/α,β-unsaturated/α-hetero) is 1. The Hall–Kier alpha value is -1.12. The van der Waals surface area contributed by atoms with Gasteiger partial charge in [0.15, 0.2) is 0 Å². The van der Waals surface area contributed by atoms with Crippen molar-refractivity contribution in [2.24, 2.45) is 0 Å². The Morgan fingerprint density at radius 2 is 2.00 bits per heavy atom. The number of hydrogen-bond acceptors (Lipinski definition) is 4. The first kappa shape index (κ1) is 11.0. The zero-order chi connectivity index (χ0) is 10.7. The van der Waals surface area contributed by atoms with Gasteiger partial charge in [0.25, 0.3) is 5.56 Å². The molecule has 1 aromatic rings. The molecule has 7 heteroatoms. The first-order valence-electron chi connectivity index (χ1n) is 3.66. The van der Waals surface area contributed by atoms with Crippen molar-refractivity contribution in [3.05, 3.63) is 26.4 Å². The minimum absolute atomic E-state index is 0.105. The fourth-order valence-electron chi connectivity index (χ4n) is 0.909. The number of alkyl halides is 1. The molecule has 0 saturated carbocycles. The van der Waals surface area contributed by atoms with E-state index >= 15 is 0 Å². The molecule has 0 unspecified atom stereocenters. The van der Waals surface area contributed by atoms with Gasteiger partial charge in [0.2, 0.25) is 5.88 Å². The normalized spacial score (nSPS) is 10.1. The molecule has 1 heterocycles. The van der Waals surface area contributed by atoms with Gasteiger partial charge in [-0.1, -0.05) is 22.6 Å². The summed E-state index contributed by atoms with van der Waals surface area (Å²) in [4.78, 5) is 36.7. The van der Waals surface area contributed by atoms with Gasteiger partial charge in [-0.2, -0.15) is 0 Å². The summed E-state index contributed by atoms with van der Waals surface area (Å²) in [6.45, 7) is 0. The molecule has 0 amide bonds. The highest BCUT2D eigenvalue weighted by Gasteiger charge is 2.11. The van der Waals surface area contributed by atoms with Crippen molar-refractivity contribution < 1.29 is 9.90 Å². The molecule has 0 aliphatic carbocycles. The zero-order valence-corrected chi connectivity index (χ0v) is 9.12. The van der Waals surface area contributed by atoms with Crippen LogP contribution < -0.4 is 11.2 Å². The quantitative estimate of drug-likeness (QED) is 0.508. The molecule has 0 aliphatic rings. The van der Waals surface area contributed by atoms with Gasteiger partial charge in [0, 0.05) is 6.42 Å². The van der Waals surface area contributed by atoms with Crippen LogP contribution in [-0.2, 0) is 11.2 Å². The Bertz CT molecular complexity index is 461. The van der Waals surface area contributed by atoms with Crippen molar-refractivity contribution in [3.63, 3.8) is 0 Å². The van der Waals surface area contributed by atoms with Crippen LogP contribution >= 0.6 is 22.6 Å². The average Bonchev–Trinajstić information content (AvgIpc) is 2.10. The van der Waals surface area contributed by atoms with E-state index in [1.54, 1.807) is 0 Å². The lowest BCUT2D eigenvalue weighted by Gasteiger charge is -1.99. The molecule has 6 nitrogen and oxygen atoms in total. The van der Waals surface area contributed by atoms with E-state index in [0.29, 0.717) is 0 Å². The number of halogens is 1. The van der Waals surface area contributed by atoms with E-state index in [2.05, 4.69) is 0 Å². The van der Waals surface area contributed by atoms with Crippen LogP contribution in [-0.4, -0.2) is 25.3 Å². The van der Waals surface area contributed by atoms with E-state index in [-0.39, 0.29) is 22.2 Å². The lowest BCUT2D eigenvalue weighted by molar-refractivity contribution is -0.115. The monoisotopic (exact) mass is 310 g/mol. The molecular formula is C7H7IN2O4. The Morgan fingerprint density at radius 3 is 2.50 bits per heavy atom. The van der Waals surface area contributed by atoms with Gasteiger partial charge in [-0.3, -0.25) is 19.6 Å². The van der Waals surface area contributed by atoms with Crippen LogP contribution in [0.1, 0.15) is 5.56 Å². The second kappa shape index (κ2) is 4.40. The molecule has 3 N–H and O–H groups in total. The van der Waals surface area contributed by atoms with Crippen LogP contribution in [0.4, 0.5) is 0 Å². The number of H-pyrrole nitrogens is 2. The van der Waals surface area contributed by atoms with E-state index in [4.69, 9.17) is 0 Å². The Labute approximate surface area is 91.5 Å². The fourth-order valence-corrected chi connectivity index (χ4v) is 1.18. The van der Waals surface area contributed by atoms with Gasteiger partial charge in [-0.05, 0) is 0 Å². The van der Waals surface area contributed by atoms with Crippen LogP contribution in [0.3, 0.4) is 0 Å². The van der Waals surface area contributed by atoms with Crippen molar-refractivity contribution in [2.45, 2.75) is 6.42 Å². The van der Waals surface area contributed by atoms with E-state index in [9.17, 15) is 19.5 Å². The van der Waals surface area contributed by atoms with Crippen molar-refractivity contribution in [3.8, 4) is 5.88 Å². The second-order valence-electron chi connectivity index (χ2n) is 2.58. The molecule has 0 aliphatic heterocycles. The number of ketones is 1. The number of aromatic hydroxyl groups is 1. The molecule has 0 saturated heterocycles. The van der Waals surface area contributed by atoms with Gasteiger partial charge in [-0.15, -0.1) is 0 Å². The largest absolute Gasteiger partial charge is 0.494 e. The number of rotatable bonds is 3. The molecular weight excluding hydrogens is 303 g/mol. The smallest absolute Gasteiger partial charge is 0.328 e. The molecule has 0 bridgehead atoms. The summed E-state index contributed by atoms with van der Waals surface area (Å²) in [5, 5.41) is 9.19. The molecule has 0 atom stereocenters. The predicted molar refractivity (Wildman–Crippen MR) is 56.9 cm³/mol. The minimum atomic E-state index is -0.793. The Kier molecular flexibility index (Phi) is 3.44. The van der Waals surface area contributed by atoms with Crippen molar-refractivity contribution in [1.29, 1.82) is 0 Å². The Balaban J connectivity index is 3.16. The van der Waals surface area contributed by atoms with E-state index < -0.39 is 17.1 Å². The summed E-state index contributed by atoms with van der Waals surface area (Å²) in [6, 6.07) is 0. The third kappa shape index (κ3) is 2.44. The predicted octanol–water partition coefficient (Wildman–Crippen LogP) is -0.685. The van der Waals surface area contributed by atoms with Gasteiger partial charge < -0.3 is 5.11 Å². The lowest BCUT2D eigenvalue weighted by Crippen LogP contribution is -2.26. The summed E-state index contributed by atoms with van der Waals surface area (Å²) in [5.74, 6) is -0.740. The molecule has 1 aromatic heterocycles. The molecule has 14 heavy (non-hydrogen) atoms. The summed E-state index contributed by atoms with van der Waals surface area (Å²) < 4.78 is 0.246. The van der Waals surface area contributed by atoms with Crippen molar-refractivity contribution in [1.82, 2.24) is 9.97 Å². The third-order valence-electron chi connectivity index (χ3n) is 1.54. The number of hydrogen-bond donors (Lipinski definition) is 3. The van der Waals surface area contributed by atoms with Crippen molar-refractivity contribution in [2.75, 3.05) is 4.43 Å². The van der Waals surface area contributed by atoms with Gasteiger partial charge in [0.1, 0.15) is 5.78 Å². The molecule has 76 valence electrons. The standard InChI is InChI=1S/C7H7IN2O4/c8-2-3(11)1-4-5(12)9-7(14)10-6(4)13/h1-2H2,(H3,9,10,12,13,14). The molecule has 1 rings (SSSR count). The third-order valence-corrected chi connectivity index (χ3v) is 2.39. The highest BCUT2D eigenvalue weighted by Crippen LogP contribution is 2.06. The number of aromatic amines is 2. The van der Waals surface area contributed by atoms with Crippen LogP contribution in [0.2, 0.25) is 0 Å². The maximum atomic E-state index is 11.1. The van der Waals surface area contributed by atoms with E-state index in [0.717, 1.165) is 0 Å². The maximum absolute atomic E-state index is 11.1. The van der Waals surface area contributed by atoms with E-state index in [1.165, 1.54) is 0 Å². The first-order chi connectivity index (χ1) is 6.54. The van der Waals surface area contributed by atoms with Crippen LogP contribution in [0, 0.1) is 0 Å². The van der Waals surface area contributed by atoms with Gasteiger partial charge >= 0.3 is 5.69 Å². The zero-order valence-electron chi connectivity index (χ0n) is 6.96. The van der Waals surface area contributed by atoms with Gasteiger partial charge in [0.05, 0.1) is 9.99 Å². The molecule has 0 spiro atoms. The molecule has 0 fully saturated rings. The summed E-state index contributed by atoms with van der Waals surface area (Å²) in [7, 11) is 0. The summed E-state index contributed by atoms with van der Waals surface area (Å²) >= 11 is 1.85. The Morgan fingerprint density at radius 1 is 1.36 bits per heavy atom. The topological polar surface area (TPSA) is 103 Å². The number of nitrogens with one attached hydrogen (secondary N) is 2. The highest BCUT2D eigenvalue weighted by atomic mass is 127. The van der Waals surface area contributed by atoms with E-state index in [1.807, 2.05) is 32.6 Å². The van der Waals surface area contributed by atoms with Crippen LogP contribution in [0.15, 0.2) is 9.59 Å². The first-order valence-corrected chi connectivity index (χ1v) is 5.19. The lowest BCUT2D eigenvalue weighted by atomic mass is 10.2. The average molecular weight is 310 g/mol. The molecule has 0 aromatic carbocycles. The minimum Gasteiger partial charge on any atom is -0.494 e. The highest BCUT2D eigenvalue weighted by molar-refractivity contribution is 14.1. The molecule has 0 radical (unpaired) electrons. The summed E-state index contributed by atoms with van der Waals surface area (Å²) in [6.07, 6.45) is -0.180. The second-order valence-corrected chi connectivity index (χ2v) is 3.35.